The summed E-state index contributed by atoms with van der Waals surface area (Å²) in [4.78, 5) is 0. The Labute approximate surface area is 112 Å². The molecular formula is C13H28O4P+. The van der Waals surface area contributed by atoms with E-state index in [-0.39, 0.29) is 0 Å². The highest BCUT2D eigenvalue weighted by atomic mass is 31.1. The maximum Gasteiger partial charge on any atom is 0.572 e. The minimum atomic E-state index is -1.88. The van der Waals surface area contributed by atoms with Gasteiger partial charge in [0.15, 0.2) is 0 Å². The molecule has 0 aliphatic rings. The number of ether oxygens (including phenoxy) is 2. The smallest absolute Gasteiger partial charge is 0.310 e. The third kappa shape index (κ3) is 9.95. The van der Waals surface area contributed by atoms with Crippen LogP contribution in [0.5, 0.6) is 0 Å². The minimum absolute atomic E-state index is 0.510. The Morgan fingerprint density at radius 1 is 0.833 bits per heavy atom. The van der Waals surface area contributed by atoms with E-state index in [4.69, 9.17) is 14.0 Å². The summed E-state index contributed by atoms with van der Waals surface area (Å²) in [6, 6.07) is -0.699. The molecule has 0 aromatic carbocycles. The van der Waals surface area contributed by atoms with E-state index in [1.807, 2.05) is 0 Å². The molecule has 0 aliphatic carbocycles. The van der Waals surface area contributed by atoms with Crippen LogP contribution < -0.4 is 0 Å². The normalized spacial score (nSPS) is 12.1. The van der Waals surface area contributed by atoms with Gasteiger partial charge in [-0.1, -0.05) is 40.0 Å². The predicted molar refractivity (Wildman–Crippen MR) is 74.0 cm³/mol. The summed E-state index contributed by atoms with van der Waals surface area (Å²) in [6.45, 7) is 7.92. The van der Waals surface area contributed by atoms with Crippen molar-refractivity contribution in [3.05, 3.63) is 0 Å². The third-order valence-corrected chi connectivity index (χ3v) is 3.48. The fourth-order valence-electron chi connectivity index (χ4n) is 1.19. The maximum absolute atomic E-state index is 11.9. The lowest BCUT2D eigenvalue weighted by molar-refractivity contribution is -0.0946. The van der Waals surface area contributed by atoms with Crippen LogP contribution in [0.2, 0.25) is 0 Å². The molecule has 0 aromatic heterocycles. The van der Waals surface area contributed by atoms with E-state index in [1.54, 1.807) is 0 Å². The van der Waals surface area contributed by atoms with Crippen LogP contribution in [0.15, 0.2) is 0 Å². The molecule has 5 heteroatoms. The van der Waals surface area contributed by atoms with Gasteiger partial charge in [0, 0.05) is 0 Å². The molecule has 0 aromatic rings. The zero-order valence-corrected chi connectivity index (χ0v) is 12.9. The topological polar surface area (TPSA) is 44.8 Å². The van der Waals surface area contributed by atoms with E-state index in [0.717, 1.165) is 38.5 Å². The second kappa shape index (κ2) is 13.4. The summed E-state index contributed by atoms with van der Waals surface area (Å²) < 4.78 is 28.1. The quantitative estimate of drug-likeness (QED) is 0.283. The van der Waals surface area contributed by atoms with Crippen LogP contribution in [-0.2, 0) is 18.6 Å². The van der Waals surface area contributed by atoms with Crippen molar-refractivity contribution in [3.63, 3.8) is 0 Å². The first-order valence-electron chi connectivity index (χ1n) is 7.08. The Morgan fingerprint density at radius 3 is 1.72 bits per heavy atom. The summed E-state index contributed by atoms with van der Waals surface area (Å²) in [6.07, 6.45) is 5.95. The van der Waals surface area contributed by atoms with Gasteiger partial charge in [0.1, 0.15) is 6.61 Å². The Balaban J connectivity index is 3.95. The summed E-state index contributed by atoms with van der Waals surface area (Å²) >= 11 is 0. The van der Waals surface area contributed by atoms with Crippen molar-refractivity contribution in [2.75, 3.05) is 19.8 Å². The molecule has 0 N–H and O–H groups in total. The zero-order valence-electron chi connectivity index (χ0n) is 12.0. The lowest BCUT2D eigenvalue weighted by Gasteiger charge is -2.08. The Kier molecular flexibility index (Phi) is 13.4. The second-order valence-electron chi connectivity index (χ2n) is 4.23. The van der Waals surface area contributed by atoms with Crippen molar-refractivity contribution in [2.45, 2.75) is 65.3 Å². The number of hydrogen-bond donors (Lipinski definition) is 0. The van der Waals surface area contributed by atoms with Gasteiger partial charge in [-0.05, 0) is 23.8 Å². The summed E-state index contributed by atoms with van der Waals surface area (Å²) in [5.41, 5.74) is 0. The van der Waals surface area contributed by atoms with Crippen molar-refractivity contribution >= 4 is 8.03 Å². The first-order valence-corrected chi connectivity index (χ1v) is 8.33. The van der Waals surface area contributed by atoms with Crippen LogP contribution in [0.25, 0.3) is 0 Å². The van der Waals surface area contributed by atoms with Gasteiger partial charge in [-0.15, -0.1) is 4.52 Å². The van der Waals surface area contributed by atoms with E-state index in [1.165, 1.54) is 0 Å². The van der Waals surface area contributed by atoms with Gasteiger partial charge in [-0.3, -0.25) is 0 Å². The zero-order chi connectivity index (χ0) is 13.6. The number of hydrogen-bond acceptors (Lipinski definition) is 4. The van der Waals surface area contributed by atoms with Crippen molar-refractivity contribution in [1.82, 2.24) is 0 Å². The highest BCUT2D eigenvalue weighted by Gasteiger charge is 2.34. The molecule has 0 fully saturated rings. The summed E-state index contributed by atoms with van der Waals surface area (Å²) in [5.74, 6) is 0. The van der Waals surface area contributed by atoms with Gasteiger partial charge >= 0.3 is 14.1 Å². The fourth-order valence-corrected chi connectivity index (χ4v) is 2.07. The van der Waals surface area contributed by atoms with Gasteiger partial charge in [-0.2, -0.15) is 0 Å². The van der Waals surface area contributed by atoms with Crippen molar-refractivity contribution in [1.29, 1.82) is 0 Å². The molecule has 0 amide bonds. The summed E-state index contributed by atoms with van der Waals surface area (Å²) in [7, 11) is -1.88. The predicted octanol–water partition coefficient (Wildman–Crippen LogP) is 4.46. The van der Waals surface area contributed by atoms with Crippen LogP contribution in [0.1, 0.15) is 59.3 Å². The summed E-state index contributed by atoms with van der Waals surface area (Å²) in [5, 5.41) is 0. The Hall–Kier alpha value is -0.0200. The average molecular weight is 279 g/mol. The fraction of sp³-hybridized carbons (Fsp3) is 1.00. The molecule has 0 saturated heterocycles. The van der Waals surface area contributed by atoms with E-state index in [2.05, 4.69) is 20.8 Å². The van der Waals surface area contributed by atoms with Crippen LogP contribution in [0.4, 0.5) is 0 Å². The molecule has 108 valence electrons. The lowest BCUT2D eigenvalue weighted by atomic mass is 10.4. The van der Waals surface area contributed by atoms with E-state index in [9.17, 15) is 4.57 Å². The standard InChI is InChI=1S/C13H28O4P/c1-4-7-10-15-13(16-11-8-5-2)18(14)17-12-9-6-3/h13H,4-12H2,1-3H3/q+1. The molecule has 0 radical (unpaired) electrons. The Bertz CT molecular complexity index is 189. The van der Waals surface area contributed by atoms with Gasteiger partial charge in [0.25, 0.3) is 0 Å². The molecule has 1 atom stereocenters. The van der Waals surface area contributed by atoms with Gasteiger partial charge < -0.3 is 9.47 Å². The molecule has 0 aliphatic heterocycles. The molecule has 1 unspecified atom stereocenters. The van der Waals surface area contributed by atoms with Crippen LogP contribution in [0, 0.1) is 0 Å². The first kappa shape index (κ1) is 18.0. The monoisotopic (exact) mass is 279 g/mol. The van der Waals surface area contributed by atoms with E-state index >= 15 is 0 Å². The van der Waals surface area contributed by atoms with Crippen LogP contribution in [-0.4, -0.2) is 25.9 Å². The molecular weight excluding hydrogens is 251 g/mol. The molecule has 0 bridgehead atoms. The highest BCUT2D eigenvalue weighted by molar-refractivity contribution is 7.39. The van der Waals surface area contributed by atoms with E-state index in [0.29, 0.717) is 19.8 Å². The van der Waals surface area contributed by atoms with Crippen molar-refractivity contribution < 1.29 is 18.6 Å². The van der Waals surface area contributed by atoms with Gasteiger partial charge in [-0.25, -0.2) is 0 Å². The minimum Gasteiger partial charge on any atom is -0.310 e. The molecule has 4 nitrogen and oxygen atoms in total. The van der Waals surface area contributed by atoms with Crippen LogP contribution >= 0.6 is 8.03 Å². The first-order chi connectivity index (χ1) is 8.76. The molecule has 18 heavy (non-hydrogen) atoms. The second-order valence-corrected chi connectivity index (χ2v) is 5.48. The third-order valence-electron chi connectivity index (χ3n) is 2.41. The van der Waals surface area contributed by atoms with Gasteiger partial charge in [0.2, 0.25) is 0 Å². The van der Waals surface area contributed by atoms with Crippen molar-refractivity contribution in [2.24, 2.45) is 0 Å². The SMILES string of the molecule is CCCCOC(OCCCC)[P+](=O)OCCCC. The van der Waals surface area contributed by atoms with Crippen LogP contribution in [0.3, 0.4) is 0 Å². The van der Waals surface area contributed by atoms with Crippen molar-refractivity contribution in [3.8, 4) is 0 Å². The largest absolute Gasteiger partial charge is 0.572 e. The molecule has 0 heterocycles. The molecule has 0 spiro atoms. The van der Waals surface area contributed by atoms with Gasteiger partial charge in [0.05, 0.1) is 13.2 Å². The van der Waals surface area contributed by atoms with E-state index < -0.39 is 14.1 Å². The Morgan fingerprint density at radius 2 is 1.28 bits per heavy atom. The highest BCUT2D eigenvalue weighted by Crippen LogP contribution is 2.32. The number of rotatable bonds is 13. The average Bonchev–Trinajstić information content (AvgIpc) is 2.37. The molecule has 0 rings (SSSR count). The maximum atomic E-state index is 11.9. The molecule has 0 saturated carbocycles. The lowest BCUT2D eigenvalue weighted by Crippen LogP contribution is -2.16. The number of unbranched alkanes of at least 4 members (excludes halogenated alkanes) is 3.